The summed E-state index contributed by atoms with van der Waals surface area (Å²) < 4.78 is 0. The van der Waals surface area contributed by atoms with Gasteiger partial charge in [0.05, 0.1) is 12.2 Å². The number of rotatable bonds is 0. The maximum Gasteiger partial charge on any atom is 0.155 e. The molecule has 0 aromatic heterocycles. The highest BCUT2D eigenvalue weighted by molar-refractivity contribution is 5.91. The van der Waals surface area contributed by atoms with E-state index in [9.17, 15) is 15.0 Å². The summed E-state index contributed by atoms with van der Waals surface area (Å²) >= 11 is 0. The Morgan fingerprint density at radius 2 is 1.82 bits per heavy atom. The van der Waals surface area contributed by atoms with Gasteiger partial charge in [-0.15, -0.1) is 0 Å². The highest BCUT2D eigenvalue weighted by Crippen LogP contribution is 2.65. The van der Waals surface area contributed by atoms with Crippen molar-refractivity contribution in [3.05, 3.63) is 11.6 Å². The Kier molecular flexibility index (Phi) is 3.16. The minimum atomic E-state index is -0.412. The van der Waals surface area contributed by atoms with E-state index in [-0.39, 0.29) is 22.7 Å². The molecule has 0 spiro atoms. The summed E-state index contributed by atoms with van der Waals surface area (Å²) in [6.07, 6.45) is 7.56. The van der Waals surface area contributed by atoms with E-state index >= 15 is 0 Å². The fourth-order valence-corrected chi connectivity index (χ4v) is 6.51. The van der Waals surface area contributed by atoms with Gasteiger partial charge in [-0.25, -0.2) is 0 Å². The van der Waals surface area contributed by atoms with Gasteiger partial charge in [-0.05, 0) is 67.8 Å². The summed E-state index contributed by atoms with van der Waals surface area (Å²) in [7, 11) is 0. The predicted octanol–water partition coefficient (Wildman–Crippen LogP) is 2.85. The SMILES string of the molecule is C[C@@]12C(O)CC[C@H]1[C@@H]1CCC3=CC(=O)CC[C@]3(C)[C@H]1CC2O. The molecule has 0 aliphatic heterocycles. The highest BCUT2D eigenvalue weighted by atomic mass is 16.3. The van der Waals surface area contributed by atoms with E-state index in [1.807, 2.05) is 6.08 Å². The van der Waals surface area contributed by atoms with Gasteiger partial charge in [-0.3, -0.25) is 4.79 Å². The summed E-state index contributed by atoms with van der Waals surface area (Å²) in [5.41, 5.74) is 1.11. The third-order valence-electron chi connectivity index (χ3n) is 8.02. The highest BCUT2D eigenvalue weighted by Gasteiger charge is 2.62. The zero-order valence-electron chi connectivity index (χ0n) is 13.7. The van der Waals surface area contributed by atoms with Gasteiger partial charge in [-0.1, -0.05) is 19.4 Å². The second-order valence-corrected chi connectivity index (χ2v) is 8.68. The van der Waals surface area contributed by atoms with Crippen LogP contribution in [0.15, 0.2) is 11.6 Å². The van der Waals surface area contributed by atoms with Crippen LogP contribution in [0.5, 0.6) is 0 Å². The second kappa shape index (κ2) is 4.67. The molecule has 3 saturated carbocycles. The molecule has 0 heterocycles. The van der Waals surface area contributed by atoms with Crippen LogP contribution >= 0.6 is 0 Å². The summed E-state index contributed by atoms with van der Waals surface area (Å²) in [5, 5.41) is 21.3. The van der Waals surface area contributed by atoms with Gasteiger partial charge in [0.25, 0.3) is 0 Å². The smallest absolute Gasteiger partial charge is 0.155 e. The summed E-state index contributed by atoms with van der Waals surface area (Å²) in [4.78, 5) is 11.8. The number of fused-ring (bicyclic) bond motifs is 5. The van der Waals surface area contributed by atoms with Crippen LogP contribution in [0.25, 0.3) is 0 Å². The Morgan fingerprint density at radius 1 is 1.05 bits per heavy atom. The van der Waals surface area contributed by atoms with Gasteiger partial charge in [0.2, 0.25) is 0 Å². The molecule has 7 atom stereocenters. The Hall–Kier alpha value is -0.670. The van der Waals surface area contributed by atoms with E-state index in [1.165, 1.54) is 5.57 Å². The quantitative estimate of drug-likeness (QED) is 0.723. The molecule has 2 unspecified atom stereocenters. The Balaban J connectivity index is 1.73. The molecule has 4 aliphatic carbocycles. The number of carbonyl (C=O) groups excluding carboxylic acids is 1. The number of hydrogen-bond acceptors (Lipinski definition) is 3. The maximum absolute atomic E-state index is 11.8. The van der Waals surface area contributed by atoms with Crippen molar-refractivity contribution in [3.63, 3.8) is 0 Å². The number of aliphatic hydroxyl groups excluding tert-OH is 2. The van der Waals surface area contributed by atoms with E-state index in [4.69, 9.17) is 0 Å². The van der Waals surface area contributed by atoms with Crippen molar-refractivity contribution in [2.45, 2.75) is 71.0 Å². The van der Waals surface area contributed by atoms with Crippen LogP contribution in [0.3, 0.4) is 0 Å². The molecule has 2 N–H and O–H groups in total. The van der Waals surface area contributed by atoms with E-state index in [1.54, 1.807) is 0 Å². The van der Waals surface area contributed by atoms with E-state index in [2.05, 4.69) is 13.8 Å². The summed E-state index contributed by atoms with van der Waals surface area (Å²) in [6.45, 7) is 4.43. The van der Waals surface area contributed by atoms with Crippen molar-refractivity contribution in [2.24, 2.45) is 28.6 Å². The van der Waals surface area contributed by atoms with Gasteiger partial charge < -0.3 is 10.2 Å². The number of hydrogen-bond donors (Lipinski definition) is 2. The van der Waals surface area contributed by atoms with Crippen molar-refractivity contribution in [1.29, 1.82) is 0 Å². The third kappa shape index (κ3) is 1.73. The molecule has 0 aromatic rings. The van der Waals surface area contributed by atoms with Gasteiger partial charge in [0.15, 0.2) is 5.78 Å². The number of carbonyl (C=O) groups is 1. The molecular weight excluding hydrogens is 276 g/mol. The van der Waals surface area contributed by atoms with Crippen molar-refractivity contribution in [2.75, 3.05) is 0 Å². The first-order valence-electron chi connectivity index (χ1n) is 8.97. The zero-order chi connectivity index (χ0) is 15.7. The van der Waals surface area contributed by atoms with Crippen LogP contribution in [-0.2, 0) is 4.79 Å². The average Bonchev–Trinajstić information content (AvgIpc) is 2.79. The molecule has 0 bridgehead atoms. The van der Waals surface area contributed by atoms with E-state index in [0.717, 1.165) is 38.5 Å². The Morgan fingerprint density at radius 3 is 2.59 bits per heavy atom. The van der Waals surface area contributed by atoms with Crippen molar-refractivity contribution >= 4 is 5.78 Å². The zero-order valence-corrected chi connectivity index (χ0v) is 13.7. The van der Waals surface area contributed by atoms with Gasteiger partial charge in [-0.2, -0.15) is 0 Å². The lowest BCUT2D eigenvalue weighted by Crippen LogP contribution is -2.57. The maximum atomic E-state index is 11.8. The lowest BCUT2D eigenvalue weighted by molar-refractivity contribution is -0.150. The summed E-state index contributed by atoms with van der Waals surface area (Å²) in [5.74, 6) is 1.79. The summed E-state index contributed by atoms with van der Waals surface area (Å²) in [6, 6.07) is 0. The molecule has 3 heteroatoms. The second-order valence-electron chi connectivity index (χ2n) is 8.68. The van der Waals surface area contributed by atoms with Crippen molar-refractivity contribution in [1.82, 2.24) is 0 Å². The lowest BCUT2D eigenvalue weighted by atomic mass is 9.46. The van der Waals surface area contributed by atoms with Crippen LogP contribution in [0.2, 0.25) is 0 Å². The molecule has 4 rings (SSSR count). The molecule has 3 nitrogen and oxygen atoms in total. The fraction of sp³-hybridized carbons (Fsp3) is 0.842. The first-order valence-corrected chi connectivity index (χ1v) is 8.97. The molecule has 122 valence electrons. The van der Waals surface area contributed by atoms with Crippen LogP contribution in [0.1, 0.15) is 58.8 Å². The standard InChI is InChI=1S/C19H28O3/c1-18-8-7-12(20)9-11(18)3-4-13-14-5-6-16(21)19(14,2)17(22)10-15(13)18/h9,13-17,21-22H,3-8,10H2,1-2H3/t13-,14-,15-,16?,17?,18-,19-/m0/s1. The van der Waals surface area contributed by atoms with Gasteiger partial charge in [0.1, 0.15) is 0 Å². The van der Waals surface area contributed by atoms with Gasteiger partial charge in [0, 0.05) is 11.8 Å². The molecule has 4 aliphatic rings. The first-order chi connectivity index (χ1) is 10.4. The van der Waals surface area contributed by atoms with E-state index in [0.29, 0.717) is 24.2 Å². The number of ketones is 1. The van der Waals surface area contributed by atoms with Crippen LogP contribution in [0, 0.1) is 28.6 Å². The van der Waals surface area contributed by atoms with Crippen molar-refractivity contribution < 1.29 is 15.0 Å². The molecule has 3 fully saturated rings. The molecule has 22 heavy (non-hydrogen) atoms. The van der Waals surface area contributed by atoms with Gasteiger partial charge >= 0.3 is 0 Å². The predicted molar refractivity (Wildman–Crippen MR) is 84.1 cm³/mol. The monoisotopic (exact) mass is 304 g/mol. The van der Waals surface area contributed by atoms with Crippen LogP contribution in [-0.4, -0.2) is 28.2 Å². The Labute approximate surface area is 132 Å². The number of allylic oxidation sites excluding steroid dienone is 1. The fourth-order valence-electron chi connectivity index (χ4n) is 6.51. The molecule has 0 amide bonds. The minimum absolute atomic E-state index is 0.0900. The topological polar surface area (TPSA) is 57.5 Å². The van der Waals surface area contributed by atoms with Crippen LogP contribution in [0.4, 0.5) is 0 Å². The lowest BCUT2D eigenvalue weighted by Gasteiger charge is -2.59. The Bertz CT molecular complexity index is 539. The molecule has 0 aromatic carbocycles. The normalized spacial score (nSPS) is 54.3. The number of aliphatic hydroxyl groups is 2. The van der Waals surface area contributed by atoms with E-state index < -0.39 is 6.10 Å². The van der Waals surface area contributed by atoms with Crippen molar-refractivity contribution in [3.8, 4) is 0 Å². The third-order valence-corrected chi connectivity index (χ3v) is 8.02. The molecule has 0 radical (unpaired) electrons. The average molecular weight is 304 g/mol. The molecular formula is C19H28O3. The largest absolute Gasteiger partial charge is 0.392 e. The first kappa shape index (κ1) is 14.9. The minimum Gasteiger partial charge on any atom is -0.392 e. The van der Waals surface area contributed by atoms with Crippen LogP contribution < -0.4 is 0 Å². The molecule has 0 saturated heterocycles.